The molecule has 0 aliphatic heterocycles. The van der Waals surface area contributed by atoms with Crippen LogP contribution in [0.1, 0.15) is 27.9 Å². The number of rotatable bonds is 3. The lowest BCUT2D eigenvalue weighted by molar-refractivity contribution is 0.586. The van der Waals surface area contributed by atoms with Gasteiger partial charge in [-0.1, -0.05) is 36.4 Å². The molecule has 0 N–H and O–H groups in total. The third-order valence-electron chi connectivity index (χ3n) is 4.64. The van der Waals surface area contributed by atoms with Gasteiger partial charge in [0.1, 0.15) is 0 Å². The van der Waals surface area contributed by atoms with Gasteiger partial charge in [0.05, 0.1) is 10.6 Å². The van der Waals surface area contributed by atoms with Crippen LogP contribution in [0.5, 0.6) is 0 Å². The molecule has 0 saturated heterocycles. The number of nitrogens with zero attached hydrogens (tertiary/aromatic N) is 2. The van der Waals surface area contributed by atoms with E-state index in [0.717, 1.165) is 27.8 Å². The van der Waals surface area contributed by atoms with Crippen molar-refractivity contribution in [2.75, 3.05) is 0 Å². The molecular formula is C20H22N2O2S. The molecule has 25 heavy (non-hydrogen) atoms. The average molecular weight is 354 g/mol. The van der Waals surface area contributed by atoms with Gasteiger partial charge in [0.15, 0.2) is 5.82 Å². The molecule has 3 aromatic rings. The van der Waals surface area contributed by atoms with Gasteiger partial charge in [-0.2, -0.15) is 0 Å². The van der Waals surface area contributed by atoms with Crippen LogP contribution in [0.4, 0.5) is 0 Å². The van der Waals surface area contributed by atoms with Crippen LogP contribution in [0.25, 0.3) is 11.4 Å². The Bertz CT molecular complexity index is 1020. The molecule has 0 fully saturated rings. The molecule has 1 heterocycles. The maximum absolute atomic E-state index is 13.5. The summed E-state index contributed by atoms with van der Waals surface area (Å²) in [5.41, 5.74) is 4.96. The zero-order valence-corrected chi connectivity index (χ0v) is 16.0. The van der Waals surface area contributed by atoms with Crippen molar-refractivity contribution in [1.82, 2.24) is 8.96 Å². The highest BCUT2D eigenvalue weighted by atomic mass is 32.2. The Morgan fingerprint density at radius 2 is 1.44 bits per heavy atom. The number of hydrogen-bond acceptors (Lipinski definition) is 3. The molecule has 5 heteroatoms. The van der Waals surface area contributed by atoms with E-state index in [4.69, 9.17) is 0 Å². The van der Waals surface area contributed by atoms with Crippen molar-refractivity contribution in [3.63, 3.8) is 0 Å². The summed E-state index contributed by atoms with van der Waals surface area (Å²) >= 11 is 0. The van der Waals surface area contributed by atoms with Crippen LogP contribution in [0.3, 0.4) is 0 Å². The highest BCUT2D eigenvalue weighted by Crippen LogP contribution is 2.30. The van der Waals surface area contributed by atoms with Crippen molar-refractivity contribution in [2.24, 2.45) is 0 Å². The molecule has 0 radical (unpaired) electrons. The quantitative estimate of drug-likeness (QED) is 0.703. The molecule has 0 unspecified atom stereocenters. The Hall–Kier alpha value is -2.40. The molecule has 3 rings (SSSR count). The van der Waals surface area contributed by atoms with Gasteiger partial charge >= 0.3 is 0 Å². The Labute approximate surface area is 149 Å². The van der Waals surface area contributed by atoms with E-state index < -0.39 is 10.0 Å². The number of imidazole rings is 1. The lowest BCUT2D eigenvalue weighted by atomic mass is 10.0. The van der Waals surface area contributed by atoms with Crippen LogP contribution in [-0.2, 0) is 10.0 Å². The highest BCUT2D eigenvalue weighted by Gasteiger charge is 2.27. The van der Waals surface area contributed by atoms with Crippen LogP contribution in [-0.4, -0.2) is 17.4 Å². The summed E-state index contributed by atoms with van der Waals surface area (Å²) < 4.78 is 28.3. The zero-order valence-electron chi connectivity index (χ0n) is 15.2. The maximum atomic E-state index is 13.5. The van der Waals surface area contributed by atoms with Crippen molar-refractivity contribution in [2.45, 2.75) is 39.5 Å². The number of benzene rings is 2. The second kappa shape index (κ2) is 6.15. The molecule has 2 aromatic carbocycles. The van der Waals surface area contributed by atoms with E-state index in [1.165, 1.54) is 3.97 Å². The van der Waals surface area contributed by atoms with Gasteiger partial charge in [-0.15, -0.1) is 0 Å². The zero-order chi connectivity index (χ0) is 18.4. The third kappa shape index (κ3) is 2.89. The lowest BCUT2D eigenvalue weighted by Gasteiger charge is -2.17. The van der Waals surface area contributed by atoms with E-state index in [-0.39, 0.29) is 0 Å². The number of hydrogen-bond donors (Lipinski definition) is 0. The van der Waals surface area contributed by atoms with Gasteiger partial charge in [0.25, 0.3) is 10.0 Å². The minimum Gasteiger partial charge on any atom is -0.233 e. The highest BCUT2D eigenvalue weighted by molar-refractivity contribution is 7.90. The van der Waals surface area contributed by atoms with Crippen LogP contribution in [0.15, 0.2) is 47.5 Å². The summed E-state index contributed by atoms with van der Waals surface area (Å²) in [6, 6.07) is 11.4. The van der Waals surface area contributed by atoms with E-state index in [0.29, 0.717) is 16.4 Å². The third-order valence-corrected chi connectivity index (χ3v) is 6.57. The van der Waals surface area contributed by atoms with Gasteiger partial charge in [-0.05, 0) is 56.9 Å². The first kappa shape index (κ1) is 17.4. The van der Waals surface area contributed by atoms with E-state index in [9.17, 15) is 8.42 Å². The molecule has 0 aliphatic carbocycles. The van der Waals surface area contributed by atoms with Gasteiger partial charge in [0.2, 0.25) is 0 Å². The number of aryl methyl sites for hydroxylation is 3. The molecule has 130 valence electrons. The summed E-state index contributed by atoms with van der Waals surface area (Å²) in [6.07, 6.45) is 1.59. The predicted octanol–water partition coefficient (Wildman–Crippen LogP) is 4.33. The second-order valence-corrected chi connectivity index (χ2v) is 8.21. The summed E-state index contributed by atoms with van der Waals surface area (Å²) in [5.74, 6) is 0.441. The molecule has 1 aromatic heterocycles. The monoisotopic (exact) mass is 354 g/mol. The summed E-state index contributed by atoms with van der Waals surface area (Å²) in [4.78, 5) is 4.84. The average Bonchev–Trinajstić information content (AvgIpc) is 2.97. The Kier molecular flexibility index (Phi) is 4.29. The predicted molar refractivity (Wildman–Crippen MR) is 100 cm³/mol. The Morgan fingerprint density at radius 1 is 0.880 bits per heavy atom. The van der Waals surface area contributed by atoms with Crippen LogP contribution < -0.4 is 0 Å². The van der Waals surface area contributed by atoms with E-state index in [1.54, 1.807) is 13.1 Å². The van der Waals surface area contributed by atoms with Gasteiger partial charge in [-0.3, -0.25) is 0 Å². The first-order valence-electron chi connectivity index (χ1n) is 8.18. The first-order chi connectivity index (χ1) is 11.7. The van der Waals surface area contributed by atoms with Crippen molar-refractivity contribution in [3.8, 4) is 11.4 Å². The van der Waals surface area contributed by atoms with Crippen LogP contribution in [0, 0.1) is 34.6 Å². The summed E-state index contributed by atoms with van der Waals surface area (Å²) in [7, 11) is -3.75. The van der Waals surface area contributed by atoms with E-state index in [1.807, 2.05) is 64.1 Å². The van der Waals surface area contributed by atoms with Crippen molar-refractivity contribution in [1.29, 1.82) is 0 Å². The standard InChI is InChI=1S/C20H22N2O2S/c1-13-11-14(2)17(5)19(16(13)4)25(23,24)22-12-15(3)21-20(22)18-9-7-6-8-10-18/h6-12H,1-5H3. The van der Waals surface area contributed by atoms with Gasteiger partial charge in [-0.25, -0.2) is 17.4 Å². The topological polar surface area (TPSA) is 52.0 Å². The lowest BCUT2D eigenvalue weighted by Crippen LogP contribution is -2.17. The molecule has 0 amide bonds. The minimum atomic E-state index is -3.75. The molecule has 0 spiro atoms. The maximum Gasteiger partial charge on any atom is 0.269 e. The summed E-state index contributed by atoms with van der Waals surface area (Å²) in [6.45, 7) is 9.41. The Morgan fingerprint density at radius 3 is 2.00 bits per heavy atom. The molecule has 0 aliphatic rings. The normalized spacial score (nSPS) is 11.7. The minimum absolute atomic E-state index is 0.375. The fourth-order valence-electron chi connectivity index (χ4n) is 3.10. The van der Waals surface area contributed by atoms with Crippen molar-refractivity contribution < 1.29 is 8.42 Å². The largest absolute Gasteiger partial charge is 0.269 e. The van der Waals surface area contributed by atoms with Crippen LogP contribution >= 0.6 is 0 Å². The fourth-order valence-corrected chi connectivity index (χ4v) is 5.06. The van der Waals surface area contributed by atoms with E-state index in [2.05, 4.69) is 4.98 Å². The summed E-state index contributed by atoms with van der Waals surface area (Å²) in [5, 5.41) is 0. The fraction of sp³-hybridized carbons (Fsp3) is 0.250. The van der Waals surface area contributed by atoms with Gasteiger partial charge < -0.3 is 0 Å². The molecule has 0 atom stereocenters. The van der Waals surface area contributed by atoms with E-state index >= 15 is 0 Å². The van der Waals surface area contributed by atoms with Crippen molar-refractivity contribution >= 4 is 10.0 Å². The molecule has 0 saturated carbocycles. The van der Waals surface area contributed by atoms with Gasteiger partial charge in [0, 0.05) is 11.8 Å². The molecule has 0 bridgehead atoms. The van der Waals surface area contributed by atoms with Crippen LogP contribution in [0.2, 0.25) is 0 Å². The van der Waals surface area contributed by atoms with Crippen molar-refractivity contribution in [3.05, 3.63) is 70.5 Å². The second-order valence-electron chi connectivity index (χ2n) is 6.46. The number of aromatic nitrogens is 2. The molecular weight excluding hydrogens is 332 g/mol. The smallest absolute Gasteiger partial charge is 0.233 e. The first-order valence-corrected chi connectivity index (χ1v) is 9.62. The SMILES string of the molecule is Cc1cn(S(=O)(=O)c2c(C)c(C)cc(C)c2C)c(-c2ccccc2)n1. The molecule has 4 nitrogen and oxygen atoms in total. The Balaban J connectivity index is 2.32.